The Labute approximate surface area is 144 Å². The summed E-state index contributed by atoms with van der Waals surface area (Å²) in [5.74, 6) is -0.102. The zero-order valence-electron chi connectivity index (χ0n) is 14.7. The molecule has 2 aromatic carbocycles. The van der Waals surface area contributed by atoms with Gasteiger partial charge in [0.05, 0.1) is 5.56 Å². The summed E-state index contributed by atoms with van der Waals surface area (Å²) in [6, 6.07) is 16.2. The van der Waals surface area contributed by atoms with Crippen LogP contribution in [0.5, 0.6) is 0 Å². The van der Waals surface area contributed by atoms with Gasteiger partial charge in [0.15, 0.2) is 0 Å². The van der Waals surface area contributed by atoms with E-state index in [1.807, 2.05) is 32.0 Å². The Bertz CT molecular complexity index is 668. The second kappa shape index (κ2) is 8.39. The van der Waals surface area contributed by atoms with Crippen molar-refractivity contribution in [2.75, 3.05) is 11.1 Å². The number of carbonyl (C=O) groups excluding carboxylic acids is 1. The van der Waals surface area contributed by atoms with Crippen molar-refractivity contribution in [1.29, 1.82) is 0 Å². The van der Waals surface area contributed by atoms with Crippen molar-refractivity contribution in [3.8, 4) is 0 Å². The number of carbonyl (C=O) groups is 1. The van der Waals surface area contributed by atoms with Gasteiger partial charge in [-0.3, -0.25) is 4.79 Å². The Morgan fingerprint density at radius 3 is 2.46 bits per heavy atom. The molecule has 128 valence electrons. The summed E-state index contributed by atoms with van der Waals surface area (Å²) in [4.78, 5) is 12.4. The van der Waals surface area contributed by atoms with Gasteiger partial charge in [-0.05, 0) is 57.4 Å². The number of hydrogen-bond acceptors (Lipinski definition) is 3. The Hall–Kier alpha value is -2.49. The first-order valence-electron chi connectivity index (χ1n) is 8.46. The van der Waals surface area contributed by atoms with Crippen LogP contribution < -0.4 is 16.4 Å². The van der Waals surface area contributed by atoms with Crippen LogP contribution in [0.4, 0.5) is 11.4 Å². The average Bonchev–Trinajstić information content (AvgIpc) is 2.55. The number of nitrogens with one attached hydrogen (secondary N) is 2. The van der Waals surface area contributed by atoms with E-state index >= 15 is 0 Å². The zero-order chi connectivity index (χ0) is 17.5. The second-order valence-corrected chi connectivity index (χ2v) is 6.50. The first kappa shape index (κ1) is 17.9. The van der Waals surface area contributed by atoms with Crippen molar-refractivity contribution in [2.24, 2.45) is 0 Å². The molecule has 0 aromatic heterocycles. The SMILES string of the molecule is CC(C)NC(=O)c1cc(N)ccc1NC(C)CCc1ccccc1. The maximum absolute atomic E-state index is 12.4. The van der Waals surface area contributed by atoms with Crippen LogP contribution in [0.15, 0.2) is 48.5 Å². The lowest BCUT2D eigenvalue weighted by Gasteiger charge is -2.19. The van der Waals surface area contributed by atoms with Gasteiger partial charge < -0.3 is 16.4 Å². The lowest BCUT2D eigenvalue weighted by atomic mass is 10.0. The monoisotopic (exact) mass is 325 g/mol. The minimum absolute atomic E-state index is 0.0854. The van der Waals surface area contributed by atoms with E-state index in [1.165, 1.54) is 5.56 Å². The molecule has 24 heavy (non-hydrogen) atoms. The molecule has 0 saturated carbocycles. The fourth-order valence-corrected chi connectivity index (χ4v) is 2.58. The van der Waals surface area contributed by atoms with Crippen molar-refractivity contribution in [3.63, 3.8) is 0 Å². The number of nitrogen functional groups attached to an aromatic ring is 1. The third-order valence-corrected chi connectivity index (χ3v) is 3.82. The first-order chi connectivity index (χ1) is 11.5. The van der Waals surface area contributed by atoms with Crippen LogP contribution in [0, 0.1) is 0 Å². The maximum Gasteiger partial charge on any atom is 0.253 e. The minimum atomic E-state index is -0.102. The van der Waals surface area contributed by atoms with Crippen LogP contribution >= 0.6 is 0 Å². The molecule has 0 aliphatic heterocycles. The normalized spacial score (nSPS) is 12.0. The lowest BCUT2D eigenvalue weighted by Crippen LogP contribution is -2.31. The number of aryl methyl sites for hydroxylation is 1. The van der Waals surface area contributed by atoms with Gasteiger partial charge in [0.1, 0.15) is 0 Å². The molecule has 0 spiro atoms. The summed E-state index contributed by atoms with van der Waals surface area (Å²) >= 11 is 0. The third-order valence-electron chi connectivity index (χ3n) is 3.82. The molecular formula is C20H27N3O. The molecule has 0 fully saturated rings. The standard InChI is InChI=1S/C20H27N3O/c1-14(2)22-20(24)18-13-17(21)11-12-19(18)23-15(3)9-10-16-7-5-4-6-8-16/h4-8,11-15,23H,9-10,21H2,1-3H3,(H,22,24). The summed E-state index contributed by atoms with van der Waals surface area (Å²) < 4.78 is 0. The first-order valence-corrected chi connectivity index (χ1v) is 8.46. The average molecular weight is 325 g/mol. The number of benzene rings is 2. The fourth-order valence-electron chi connectivity index (χ4n) is 2.58. The Morgan fingerprint density at radius 2 is 1.79 bits per heavy atom. The number of rotatable bonds is 7. The Kier molecular flexibility index (Phi) is 6.24. The number of nitrogens with two attached hydrogens (primary N) is 1. The second-order valence-electron chi connectivity index (χ2n) is 6.50. The Balaban J connectivity index is 2.04. The zero-order valence-corrected chi connectivity index (χ0v) is 14.7. The van der Waals surface area contributed by atoms with Crippen molar-refractivity contribution >= 4 is 17.3 Å². The molecule has 0 bridgehead atoms. The van der Waals surface area contributed by atoms with Crippen LogP contribution in [0.2, 0.25) is 0 Å². The molecule has 0 aliphatic carbocycles. The number of amides is 1. The molecular weight excluding hydrogens is 298 g/mol. The summed E-state index contributed by atoms with van der Waals surface area (Å²) in [6.07, 6.45) is 1.98. The topological polar surface area (TPSA) is 67.2 Å². The van der Waals surface area contributed by atoms with E-state index in [0.29, 0.717) is 11.3 Å². The molecule has 1 atom stereocenters. The van der Waals surface area contributed by atoms with E-state index in [-0.39, 0.29) is 18.0 Å². The van der Waals surface area contributed by atoms with E-state index in [1.54, 1.807) is 6.07 Å². The molecule has 1 unspecified atom stereocenters. The highest BCUT2D eigenvalue weighted by atomic mass is 16.1. The molecule has 0 saturated heterocycles. The predicted molar refractivity (Wildman–Crippen MR) is 101 cm³/mol. The van der Waals surface area contributed by atoms with Crippen LogP contribution in [-0.4, -0.2) is 18.0 Å². The molecule has 4 N–H and O–H groups in total. The van der Waals surface area contributed by atoms with Gasteiger partial charge in [-0.15, -0.1) is 0 Å². The van der Waals surface area contributed by atoms with E-state index in [4.69, 9.17) is 5.73 Å². The van der Waals surface area contributed by atoms with E-state index in [9.17, 15) is 4.79 Å². The third kappa shape index (κ3) is 5.30. The molecule has 1 amide bonds. The van der Waals surface area contributed by atoms with Gasteiger partial charge in [-0.2, -0.15) is 0 Å². The maximum atomic E-state index is 12.4. The molecule has 2 aromatic rings. The highest BCUT2D eigenvalue weighted by Crippen LogP contribution is 2.21. The largest absolute Gasteiger partial charge is 0.399 e. The summed E-state index contributed by atoms with van der Waals surface area (Å²) in [5.41, 5.74) is 9.18. The highest BCUT2D eigenvalue weighted by Gasteiger charge is 2.14. The predicted octanol–water partition coefficient (Wildman–Crippen LogP) is 3.84. The van der Waals surface area contributed by atoms with Crippen LogP contribution in [0.25, 0.3) is 0 Å². The van der Waals surface area contributed by atoms with Crippen LogP contribution in [-0.2, 0) is 6.42 Å². The molecule has 4 heteroatoms. The van der Waals surface area contributed by atoms with E-state index in [0.717, 1.165) is 18.5 Å². The molecule has 2 rings (SSSR count). The summed E-state index contributed by atoms with van der Waals surface area (Å²) in [5, 5.41) is 6.37. The van der Waals surface area contributed by atoms with Crippen LogP contribution in [0.1, 0.15) is 43.1 Å². The molecule has 0 heterocycles. The molecule has 4 nitrogen and oxygen atoms in total. The fraction of sp³-hybridized carbons (Fsp3) is 0.350. The van der Waals surface area contributed by atoms with Gasteiger partial charge in [-0.25, -0.2) is 0 Å². The van der Waals surface area contributed by atoms with E-state index < -0.39 is 0 Å². The van der Waals surface area contributed by atoms with Gasteiger partial charge in [-0.1, -0.05) is 30.3 Å². The van der Waals surface area contributed by atoms with Gasteiger partial charge in [0.25, 0.3) is 5.91 Å². The summed E-state index contributed by atoms with van der Waals surface area (Å²) in [7, 11) is 0. The number of anilines is 2. The quantitative estimate of drug-likeness (QED) is 0.678. The van der Waals surface area contributed by atoms with Crippen molar-refractivity contribution in [1.82, 2.24) is 5.32 Å². The van der Waals surface area contributed by atoms with Crippen LogP contribution in [0.3, 0.4) is 0 Å². The minimum Gasteiger partial charge on any atom is -0.399 e. The van der Waals surface area contributed by atoms with Crippen molar-refractivity contribution < 1.29 is 4.79 Å². The highest BCUT2D eigenvalue weighted by molar-refractivity contribution is 6.00. The van der Waals surface area contributed by atoms with Gasteiger partial charge in [0.2, 0.25) is 0 Å². The van der Waals surface area contributed by atoms with Gasteiger partial charge >= 0.3 is 0 Å². The lowest BCUT2D eigenvalue weighted by molar-refractivity contribution is 0.0944. The summed E-state index contributed by atoms with van der Waals surface area (Å²) in [6.45, 7) is 6.02. The molecule has 0 aliphatic rings. The number of hydrogen-bond donors (Lipinski definition) is 3. The smallest absolute Gasteiger partial charge is 0.253 e. The molecule has 0 radical (unpaired) electrons. The Morgan fingerprint density at radius 1 is 1.08 bits per heavy atom. The van der Waals surface area contributed by atoms with E-state index in [2.05, 4.69) is 41.8 Å². The van der Waals surface area contributed by atoms with Crippen molar-refractivity contribution in [2.45, 2.75) is 45.7 Å². The van der Waals surface area contributed by atoms with Crippen molar-refractivity contribution in [3.05, 3.63) is 59.7 Å². The van der Waals surface area contributed by atoms with Gasteiger partial charge in [0, 0.05) is 23.5 Å².